The highest BCUT2D eigenvalue weighted by Crippen LogP contribution is 2.26. The molecule has 13 heavy (non-hydrogen) atoms. The number of ether oxygens (including phenoxy) is 2. The molecule has 1 aromatic rings. The molecule has 0 amide bonds. The van der Waals surface area contributed by atoms with Gasteiger partial charge < -0.3 is 15.2 Å². The average molecular weight is 183 g/mol. The van der Waals surface area contributed by atoms with Crippen molar-refractivity contribution in [2.45, 2.75) is 12.9 Å². The molecule has 1 aliphatic rings. The predicted molar refractivity (Wildman–Crippen MR) is 44.7 cm³/mol. The van der Waals surface area contributed by atoms with Gasteiger partial charge in [0.25, 0.3) is 0 Å². The fraction of sp³-hybridized carbons (Fsp3) is 0.333. The van der Waals surface area contributed by atoms with Gasteiger partial charge in [-0.2, -0.15) is 0 Å². The van der Waals surface area contributed by atoms with Crippen LogP contribution in [0, 0.1) is 5.82 Å². The molecule has 1 heterocycles. The number of rotatable bonds is 1. The van der Waals surface area contributed by atoms with Gasteiger partial charge in [-0.25, -0.2) is 4.39 Å². The van der Waals surface area contributed by atoms with Gasteiger partial charge in [0.1, 0.15) is 11.6 Å². The van der Waals surface area contributed by atoms with Crippen LogP contribution in [0.25, 0.3) is 0 Å². The number of nitrogens with two attached hydrogens (primary N) is 1. The van der Waals surface area contributed by atoms with Crippen LogP contribution in [-0.2, 0) is 11.3 Å². The van der Waals surface area contributed by atoms with Crippen molar-refractivity contribution in [3.8, 4) is 5.75 Å². The van der Waals surface area contributed by atoms with Crippen molar-refractivity contribution in [3.63, 3.8) is 0 Å². The SMILES string of the molecule is NCC1OCc2cc(F)ccc2O1. The van der Waals surface area contributed by atoms with E-state index < -0.39 is 6.29 Å². The summed E-state index contributed by atoms with van der Waals surface area (Å²) < 4.78 is 23.3. The summed E-state index contributed by atoms with van der Waals surface area (Å²) in [5.74, 6) is 0.375. The maximum Gasteiger partial charge on any atom is 0.212 e. The lowest BCUT2D eigenvalue weighted by Crippen LogP contribution is -2.32. The largest absolute Gasteiger partial charge is 0.463 e. The molecule has 1 atom stereocenters. The van der Waals surface area contributed by atoms with E-state index in [0.29, 0.717) is 18.9 Å². The third-order valence-electron chi connectivity index (χ3n) is 1.90. The Labute approximate surface area is 75.3 Å². The maximum atomic E-state index is 12.7. The molecular formula is C9H10FNO2. The van der Waals surface area contributed by atoms with Gasteiger partial charge in [-0.3, -0.25) is 0 Å². The van der Waals surface area contributed by atoms with Crippen molar-refractivity contribution in [2.75, 3.05) is 6.54 Å². The second kappa shape index (κ2) is 3.32. The fourth-order valence-corrected chi connectivity index (χ4v) is 1.25. The quantitative estimate of drug-likeness (QED) is 0.707. The second-order valence-electron chi connectivity index (χ2n) is 2.85. The van der Waals surface area contributed by atoms with Gasteiger partial charge in [0, 0.05) is 5.56 Å². The molecule has 2 rings (SSSR count). The van der Waals surface area contributed by atoms with Crippen LogP contribution in [-0.4, -0.2) is 12.8 Å². The van der Waals surface area contributed by atoms with Crippen LogP contribution in [0.2, 0.25) is 0 Å². The highest BCUT2D eigenvalue weighted by Gasteiger charge is 2.18. The summed E-state index contributed by atoms with van der Waals surface area (Å²) >= 11 is 0. The Morgan fingerprint density at radius 2 is 2.38 bits per heavy atom. The number of fused-ring (bicyclic) bond motifs is 1. The normalized spacial score (nSPS) is 20.6. The Bertz CT molecular complexity index is 316. The molecule has 0 aromatic heterocycles. The Morgan fingerprint density at radius 1 is 1.54 bits per heavy atom. The Balaban J connectivity index is 2.26. The molecule has 3 nitrogen and oxygen atoms in total. The average Bonchev–Trinajstić information content (AvgIpc) is 2.17. The van der Waals surface area contributed by atoms with Crippen molar-refractivity contribution in [2.24, 2.45) is 5.73 Å². The standard InChI is InChI=1S/C9H10FNO2/c10-7-1-2-8-6(3-7)5-12-9(4-11)13-8/h1-3,9H,4-5,11H2. The smallest absolute Gasteiger partial charge is 0.212 e. The Morgan fingerprint density at radius 3 is 3.15 bits per heavy atom. The predicted octanol–water partition coefficient (Wildman–Crippen LogP) is 1.02. The molecule has 2 N–H and O–H groups in total. The topological polar surface area (TPSA) is 44.5 Å². The third-order valence-corrected chi connectivity index (χ3v) is 1.90. The van der Waals surface area contributed by atoms with E-state index in [9.17, 15) is 4.39 Å². The number of hydrogen-bond donors (Lipinski definition) is 1. The van der Waals surface area contributed by atoms with Crippen LogP contribution in [0.15, 0.2) is 18.2 Å². The lowest BCUT2D eigenvalue weighted by molar-refractivity contribution is -0.100. The van der Waals surface area contributed by atoms with Gasteiger partial charge in [-0.05, 0) is 18.2 Å². The monoisotopic (exact) mass is 183 g/mol. The third kappa shape index (κ3) is 1.64. The second-order valence-corrected chi connectivity index (χ2v) is 2.85. The molecular weight excluding hydrogens is 173 g/mol. The van der Waals surface area contributed by atoms with Crippen molar-refractivity contribution in [1.82, 2.24) is 0 Å². The van der Waals surface area contributed by atoms with Gasteiger partial charge in [0.2, 0.25) is 6.29 Å². The zero-order valence-electron chi connectivity index (χ0n) is 7.00. The number of hydrogen-bond acceptors (Lipinski definition) is 3. The lowest BCUT2D eigenvalue weighted by Gasteiger charge is -2.25. The molecule has 1 aliphatic heterocycles. The van der Waals surface area contributed by atoms with E-state index in [4.69, 9.17) is 15.2 Å². The zero-order valence-corrected chi connectivity index (χ0v) is 7.00. The molecule has 0 saturated heterocycles. The summed E-state index contributed by atoms with van der Waals surface area (Å²) in [6, 6.07) is 4.36. The van der Waals surface area contributed by atoms with Gasteiger partial charge in [0.05, 0.1) is 13.2 Å². The van der Waals surface area contributed by atoms with Crippen LogP contribution in [0.4, 0.5) is 4.39 Å². The van der Waals surface area contributed by atoms with E-state index in [-0.39, 0.29) is 5.82 Å². The minimum atomic E-state index is -0.405. The van der Waals surface area contributed by atoms with E-state index in [0.717, 1.165) is 5.56 Å². The number of benzene rings is 1. The van der Waals surface area contributed by atoms with Crippen molar-refractivity contribution in [1.29, 1.82) is 0 Å². The fourth-order valence-electron chi connectivity index (χ4n) is 1.25. The number of halogens is 1. The van der Waals surface area contributed by atoms with E-state index in [1.165, 1.54) is 12.1 Å². The van der Waals surface area contributed by atoms with Crippen molar-refractivity contribution >= 4 is 0 Å². The van der Waals surface area contributed by atoms with Crippen LogP contribution in [0.5, 0.6) is 5.75 Å². The maximum absolute atomic E-state index is 12.7. The Hall–Kier alpha value is -1.13. The highest BCUT2D eigenvalue weighted by atomic mass is 19.1. The van der Waals surface area contributed by atoms with Gasteiger partial charge in [-0.1, -0.05) is 0 Å². The summed E-state index contributed by atoms with van der Waals surface area (Å²) in [6.45, 7) is 0.659. The molecule has 0 saturated carbocycles. The zero-order chi connectivity index (χ0) is 9.26. The van der Waals surface area contributed by atoms with Crippen molar-refractivity contribution in [3.05, 3.63) is 29.6 Å². The first-order valence-corrected chi connectivity index (χ1v) is 4.06. The molecule has 0 radical (unpaired) electrons. The highest BCUT2D eigenvalue weighted by molar-refractivity contribution is 5.34. The van der Waals surface area contributed by atoms with Gasteiger partial charge >= 0.3 is 0 Å². The van der Waals surface area contributed by atoms with Gasteiger partial charge in [0.15, 0.2) is 0 Å². The molecule has 70 valence electrons. The molecule has 1 aromatic carbocycles. The minimum Gasteiger partial charge on any atom is -0.463 e. The Kier molecular flexibility index (Phi) is 2.16. The molecule has 0 aliphatic carbocycles. The first-order valence-electron chi connectivity index (χ1n) is 4.06. The first-order chi connectivity index (χ1) is 6.29. The molecule has 4 heteroatoms. The van der Waals surface area contributed by atoms with Crippen LogP contribution >= 0.6 is 0 Å². The summed E-state index contributed by atoms with van der Waals surface area (Å²) in [5, 5.41) is 0. The van der Waals surface area contributed by atoms with Crippen LogP contribution < -0.4 is 10.5 Å². The van der Waals surface area contributed by atoms with E-state index in [1.54, 1.807) is 6.07 Å². The molecule has 0 bridgehead atoms. The van der Waals surface area contributed by atoms with Crippen LogP contribution in [0.1, 0.15) is 5.56 Å². The van der Waals surface area contributed by atoms with E-state index in [1.807, 2.05) is 0 Å². The van der Waals surface area contributed by atoms with Crippen LogP contribution in [0.3, 0.4) is 0 Å². The molecule has 1 unspecified atom stereocenters. The summed E-state index contributed by atoms with van der Waals surface area (Å²) in [6.07, 6.45) is -0.405. The molecule has 0 fully saturated rings. The minimum absolute atomic E-state index is 0.280. The van der Waals surface area contributed by atoms with Crippen molar-refractivity contribution < 1.29 is 13.9 Å². The molecule has 0 spiro atoms. The van der Waals surface area contributed by atoms with Gasteiger partial charge in [-0.15, -0.1) is 0 Å². The summed E-state index contributed by atoms with van der Waals surface area (Å²) in [5.41, 5.74) is 6.09. The summed E-state index contributed by atoms with van der Waals surface area (Å²) in [7, 11) is 0. The summed E-state index contributed by atoms with van der Waals surface area (Å²) in [4.78, 5) is 0. The van der Waals surface area contributed by atoms with E-state index in [2.05, 4.69) is 0 Å². The van der Waals surface area contributed by atoms with E-state index >= 15 is 0 Å². The first kappa shape index (κ1) is 8.47. The lowest BCUT2D eigenvalue weighted by atomic mass is 10.2.